The number of hydrogen-bond donors (Lipinski definition) is 5. The van der Waals surface area contributed by atoms with Crippen LogP contribution < -0.4 is 25.8 Å². The van der Waals surface area contributed by atoms with Crippen molar-refractivity contribution in [2.24, 2.45) is 0 Å². The summed E-state index contributed by atoms with van der Waals surface area (Å²) in [7, 11) is -3.30. The van der Waals surface area contributed by atoms with Gasteiger partial charge in [0.1, 0.15) is 23.7 Å². The van der Waals surface area contributed by atoms with Crippen molar-refractivity contribution in [2.45, 2.75) is 0 Å². The van der Waals surface area contributed by atoms with Gasteiger partial charge in [0, 0.05) is 17.9 Å². The van der Waals surface area contributed by atoms with Crippen molar-refractivity contribution in [3.05, 3.63) is 66.5 Å². The molecule has 4 aromatic rings. The number of nitrogens with zero attached hydrogens (tertiary/aromatic N) is 1. The first-order valence-corrected chi connectivity index (χ1v) is 12.4. The van der Waals surface area contributed by atoms with Crippen molar-refractivity contribution in [1.82, 2.24) is 14.9 Å². The fourth-order valence-corrected chi connectivity index (χ4v) is 3.93. The summed E-state index contributed by atoms with van der Waals surface area (Å²) in [5.41, 5.74) is 9.17. The molecular formula is C23H23FN6O4S. The molecule has 0 saturated heterocycles. The standard InChI is InChI=1S/C23H23FN6O4S/c1-35(32,33)26-11-12-34-19-10-9-18(20-21(19)29-30-22(20)25)14-5-7-16(8-6-14)27-23(31)28-17-4-2-3-15(24)13-17/h2-10,13,26H,11-12H2,1H3,(H3,25,29,30)(H2,27,28,31). The summed E-state index contributed by atoms with van der Waals surface area (Å²) in [4.78, 5) is 12.2. The second-order valence-corrected chi connectivity index (χ2v) is 9.48. The maximum atomic E-state index is 13.3. The van der Waals surface area contributed by atoms with E-state index < -0.39 is 21.9 Å². The number of hydrogen-bond acceptors (Lipinski definition) is 6. The lowest BCUT2D eigenvalue weighted by molar-refractivity contribution is 0.262. The highest BCUT2D eigenvalue weighted by molar-refractivity contribution is 7.88. The smallest absolute Gasteiger partial charge is 0.323 e. The maximum absolute atomic E-state index is 13.3. The molecule has 0 bridgehead atoms. The molecule has 0 fully saturated rings. The number of fused-ring (bicyclic) bond motifs is 1. The van der Waals surface area contributed by atoms with Gasteiger partial charge in [-0.3, -0.25) is 5.10 Å². The fraction of sp³-hybridized carbons (Fsp3) is 0.130. The molecule has 0 radical (unpaired) electrons. The van der Waals surface area contributed by atoms with E-state index in [1.807, 2.05) is 18.2 Å². The van der Waals surface area contributed by atoms with Crippen LogP contribution in [-0.4, -0.2) is 44.1 Å². The first kappa shape index (κ1) is 24.0. The Morgan fingerprint density at radius 3 is 2.54 bits per heavy atom. The molecular weight excluding hydrogens is 475 g/mol. The van der Waals surface area contributed by atoms with Crippen LogP contribution in [0, 0.1) is 5.82 Å². The van der Waals surface area contributed by atoms with E-state index >= 15 is 0 Å². The van der Waals surface area contributed by atoms with E-state index in [1.54, 1.807) is 24.3 Å². The Hall–Kier alpha value is -4.16. The Labute approximate surface area is 200 Å². The third-order valence-electron chi connectivity index (χ3n) is 4.97. The number of anilines is 3. The summed E-state index contributed by atoms with van der Waals surface area (Å²) >= 11 is 0. The van der Waals surface area contributed by atoms with Crippen molar-refractivity contribution in [3.8, 4) is 16.9 Å². The zero-order valence-corrected chi connectivity index (χ0v) is 19.4. The Bertz CT molecular complexity index is 1470. The van der Waals surface area contributed by atoms with Crippen LogP contribution in [0.15, 0.2) is 60.7 Å². The molecule has 2 amide bonds. The van der Waals surface area contributed by atoms with E-state index in [0.29, 0.717) is 28.0 Å². The summed E-state index contributed by atoms with van der Waals surface area (Å²) in [5.74, 6) is 0.320. The van der Waals surface area contributed by atoms with Gasteiger partial charge in [0.2, 0.25) is 10.0 Å². The van der Waals surface area contributed by atoms with E-state index in [1.165, 1.54) is 18.2 Å². The SMILES string of the molecule is CS(=O)(=O)NCCOc1ccc(-c2ccc(NC(=O)Nc3cccc(F)c3)cc2)c2c(N)n[nH]c12. The second kappa shape index (κ2) is 9.99. The van der Waals surface area contributed by atoms with Gasteiger partial charge in [-0.25, -0.2) is 22.3 Å². The molecule has 1 heterocycles. The minimum atomic E-state index is -3.30. The average molecular weight is 499 g/mol. The molecule has 12 heteroatoms. The first-order chi connectivity index (χ1) is 16.7. The summed E-state index contributed by atoms with van der Waals surface area (Å²) in [6, 6.07) is 15.8. The molecule has 10 nitrogen and oxygen atoms in total. The van der Waals surface area contributed by atoms with Gasteiger partial charge in [-0.1, -0.05) is 18.2 Å². The Morgan fingerprint density at radius 2 is 1.83 bits per heavy atom. The molecule has 35 heavy (non-hydrogen) atoms. The lowest BCUT2D eigenvalue weighted by Gasteiger charge is -2.11. The van der Waals surface area contributed by atoms with Gasteiger partial charge in [0.15, 0.2) is 5.82 Å². The Kier molecular flexibility index (Phi) is 6.85. The van der Waals surface area contributed by atoms with Gasteiger partial charge >= 0.3 is 6.03 Å². The molecule has 0 aliphatic heterocycles. The van der Waals surface area contributed by atoms with Gasteiger partial charge in [-0.2, -0.15) is 5.10 Å². The number of benzene rings is 3. The fourth-order valence-electron chi connectivity index (χ4n) is 3.47. The third kappa shape index (κ3) is 6.05. The number of carbonyl (C=O) groups is 1. The van der Waals surface area contributed by atoms with E-state index in [0.717, 1.165) is 17.4 Å². The van der Waals surface area contributed by atoms with Crippen LogP contribution in [0.1, 0.15) is 0 Å². The topological polar surface area (TPSA) is 151 Å². The van der Waals surface area contributed by atoms with Gasteiger partial charge in [-0.05, 0) is 53.6 Å². The van der Waals surface area contributed by atoms with Crippen molar-refractivity contribution >= 4 is 44.1 Å². The van der Waals surface area contributed by atoms with Crippen molar-refractivity contribution in [1.29, 1.82) is 0 Å². The number of halogens is 1. The van der Waals surface area contributed by atoms with Crippen LogP contribution >= 0.6 is 0 Å². The van der Waals surface area contributed by atoms with Crippen molar-refractivity contribution in [3.63, 3.8) is 0 Å². The molecule has 0 aliphatic carbocycles. The molecule has 3 aromatic carbocycles. The van der Waals surface area contributed by atoms with Gasteiger partial charge in [-0.15, -0.1) is 0 Å². The molecule has 0 saturated carbocycles. The van der Waals surface area contributed by atoms with Crippen LogP contribution in [0.4, 0.5) is 26.4 Å². The van der Waals surface area contributed by atoms with E-state index in [4.69, 9.17) is 10.5 Å². The molecule has 0 spiro atoms. The molecule has 0 aliphatic rings. The van der Waals surface area contributed by atoms with Crippen molar-refractivity contribution < 1.29 is 22.3 Å². The third-order valence-corrected chi connectivity index (χ3v) is 5.70. The number of nitrogen functional groups attached to an aromatic ring is 1. The van der Waals surface area contributed by atoms with Crippen LogP contribution in [0.3, 0.4) is 0 Å². The molecule has 0 unspecified atom stereocenters. The first-order valence-electron chi connectivity index (χ1n) is 10.5. The van der Waals surface area contributed by atoms with Crippen LogP contribution in [0.25, 0.3) is 22.0 Å². The molecule has 182 valence electrons. The van der Waals surface area contributed by atoms with E-state index in [9.17, 15) is 17.6 Å². The lowest BCUT2D eigenvalue weighted by atomic mass is 10.0. The maximum Gasteiger partial charge on any atom is 0.323 e. The Balaban J connectivity index is 1.48. The number of carbonyl (C=O) groups excluding carboxylic acids is 1. The number of aromatic nitrogens is 2. The zero-order chi connectivity index (χ0) is 25.0. The zero-order valence-electron chi connectivity index (χ0n) is 18.6. The largest absolute Gasteiger partial charge is 0.490 e. The molecule has 1 aromatic heterocycles. The number of nitrogens with one attached hydrogen (secondary N) is 4. The number of aromatic amines is 1. The summed E-state index contributed by atoms with van der Waals surface area (Å²) in [6.45, 7) is 0.242. The second-order valence-electron chi connectivity index (χ2n) is 7.65. The van der Waals surface area contributed by atoms with Crippen LogP contribution in [-0.2, 0) is 10.0 Å². The number of H-pyrrole nitrogens is 1. The minimum Gasteiger partial charge on any atom is -0.490 e. The number of sulfonamides is 1. The number of amides is 2. The minimum absolute atomic E-state index is 0.118. The number of rotatable bonds is 8. The average Bonchev–Trinajstić information content (AvgIpc) is 3.19. The predicted octanol–water partition coefficient (Wildman–Crippen LogP) is 3.52. The highest BCUT2D eigenvalue weighted by atomic mass is 32.2. The number of urea groups is 1. The monoisotopic (exact) mass is 498 g/mol. The predicted molar refractivity (Wildman–Crippen MR) is 133 cm³/mol. The van der Waals surface area contributed by atoms with E-state index in [2.05, 4.69) is 25.6 Å². The van der Waals surface area contributed by atoms with E-state index in [-0.39, 0.29) is 19.0 Å². The number of ether oxygens (including phenoxy) is 1. The Morgan fingerprint density at radius 1 is 1.09 bits per heavy atom. The highest BCUT2D eigenvalue weighted by Gasteiger charge is 2.15. The molecule has 6 N–H and O–H groups in total. The van der Waals surface area contributed by atoms with Gasteiger partial charge in [0.25, 0.3) is 0 Å². The number of nitrogens with two attached hydrogens (primary N) is 1. The summed E-state index contributed by atoms with van der Waals surface area (Å²) < 4.78 is 43.8. The normalized spacial score (nSPS) is 11.4. The summed E-state index contributed by atoms with van der Waals surface area (Å²) in [6.07, 6.45) is 1.08. The van der Waals surface area contributed by atoms with Crippen molar-refractivity contribution in [2.75, 3.05) is 35.8 Å². The quantitative estimate of drug-likeness (QED) is 0.235. The van der Waals surface area contributed by atoms with Crippen LogP contribution in [0.5, 0.6) is 5.75 Å². The van der Waals surface area contributed by atoms with Gasteiger partial charge in [0.05, 0.1) is 11.6 Å². The molecule has 0 atom stereocenters. The molecule has 4 rings (SSSR count). The highest BCUT2D eigenvalue weighted by Crippen LogP contribution is 2.36. The van der Waals surface area contributed by atoms with Crippen LogP contribution in [0.2, 0.25) is 0 Å². The summed E-state index contributed by atoms with van der Waals surface area (Å²) in [5, 5.41) is 12.9. The lowest BCUT2D eigenvalue weighted by Crippen LogP contribution is -2.26. The van der Waals surface area contributed by atoms with Gasteiger partial charge < -0.3 is 21.1 Å².